The molecule has 1 saturated carbocycles. The molecule has 22 heavy (non-hydrogen) atoms. The third-order valence-corrected chi connectivity index (χ3v) is 3.54. The first kappa shape index (κ1) is 14.6. The van der Waals surface area contributed by atoms with E-state index in [1.54, 1.807) is 0 Å². The van der Waals surface area contributed by atoms with Crippen molar-refractivity contribution in [3.05, 3.63) is 41.2 Å². The second-order valence-electron chi connectivity index (χ2n) is 5.08. The van der Waals surface area contributed by atoms with Crippen molar-refractivity contribution in [3.63, 3.8) is 0 Å². The van der Waals surface area contributed by atoms with E-state index in [0.717, 1.165) is 18.9 Å². The third-order valence-electron chi connectivity index (χ3n) is 3.54. The molecular formula is C15H12F3NO3. The maximum Gasteiger partial charge on any atom is 0.417 e. The number of nitrogens with zero attached hydrogens (tertiary/aromatic N) is 1. The molecule has 1 aromatic heterocycles. The number of carbonyl (C=O) groups is 1. The van der Waals surface area contributed by atoms with Gasteiger partial charge in [-0.1, -0.05) is 23.4 Å². The third kappa shape index (κ3) is 2.47. The SMILES string of the molecule is COC(=O)c1c(-c2ccccc2C(F)(F)F)noc1C1CC1. The summed E-state index contributed by atoms with van der Waals surface area (Å²) in [4.78, 5) is 12.0. The molecule has 1 fully saturated rings. The van der Waals surface area contributed by atoms with Gasteiger partial charge in [-0.05, 0) is 18.9 Å². The van der Waals surface area contributed by atoms with Gasteiger partial charge in [0.2, 0.25) is 0 Å². The molecule has 1 aromatic carbocycles. The van der Waals surface area contributed by atoms with Gasteiger partial charge in [0.05, 0.1) is 12.7 Å². The summed E-state index contributed by atoms with van der Waals surface area (Å²) in [7, 11) is 1.17. The fourth-order valence-corrected chi connectivity index (χ4v) is 2.35. The van der Waals surface area contributed by atoms with Crippen LogP contribution < -0.4 is 0 Å². The number of hydrogen-bond acceptors (Lipinski definition) is 4. The van der Waals surface area contributed by atoms with Crippen LogP contribution in [0.3, 0.4) is 0 Å². The first-order chi connectivity index (χ1) is 10.4. The minimum absolute atomic E-state index is 0.0123. The van der Waals surface area contributed by atoms with Crippen LogP contribution in [0.4, 0.5) is 13.2 Å². The highest BCUT2D eigenvalue weighted by atomic mass is 19.4. The standard InChI is InChI=1S/C15H12F3NO3/c1-21-14(20)11-12(19-22-13(11)8-6-7-8)9-4-2-3-5-10(9)15(16,17)18/h2-5,8H,6-7H2,1H3. The van der Waals surface area contributed by atoms with Crippen LogP contribution in [-0.2, 0) is 10.9 Å². The van der Waals surface area contributed by atoms with E-state index in [0.29, 0.717) is 5.76 Å². The molecule has 116 valence electrons. The smallest absolute Gasteiger partial charge is 0.417 e. The van der Waals surface area contributed by atoms with Gasteiger partial charge >= 0.3 is 12.1 Å². The molecule has 7 heteroatoms. The summed E-state index contributed by atoms with van der Waals surface area (Å²) in [5.74, 6) is -0.414. The molecule has 0 radical (unpaired) electrons. The van der Waals surface area contributed by atoms with Gasteiger partial charge in [-0.25, -0.2) is 4.79 Å². The number of esters is 1. The number of rotatable bonds is 3. The number of halogens is 3. The van der Waals surface area contributed by atoms with Crippen LogP contribution in [0.1, 0.15) is 40.4 Å². The van der Waals surface area contributed by atoms with Gasteiger partial charge in [-0.3, -0.25) is 0 Å². The highest BCUT2D eigenvalue weighted by Crippen LogP contribution is 2.45. The molecule has 0 spiro atoms. The molecule has 1 aliphatic carbocycles. The Morgan fingerprint density at radius 1 is 1.32 bits per heavy atom. The summed E-state index contributed by atoms with van der Waals surface area (Å²) in [6.45, 7) is 0. The molecule has 0 N–H and O–H groups in total. The van der Waals surface area contributed by atoms with E-state index in [4.69, 9.17) is 4.52 Å². The Morgan fingerprint density at radius 3 is 2.59 bits per heavy atom. The van der Waals surface area contributed by atoms with Crippen molar-refractivity contribution in [1.82, 2.24) is 5.16 Å². The fourth-order valence-electron chi connectivity index (χ4n) is 2.35. The van der Waals surface area contributed by atoms with Gasteiger partial charge in [0.1, 0.15) is 11.3 Å². The minimum Gasteiger partial charge on any atom is -0.465 e. The van der Waals surface area contributed by atoms with Gasteiger partial charge in [-0.2, -0.15) is 13.2 Å². The Kier molecular flexibility index (Phi) is 3.42. The van der Waals surface area contributed by atoms with Crippen LogP contribution in [0.2, 0.25) is 0 Å². The van der Waals surface area contributed by atoms with E-state index in [-0.39, 0.29) is 22.7 Å². The number of aromatic nitrogens is 1. The van der Waals surface area contributed by atoms with Crippen LogP contribution in [0.25, 0.3) is 11.3 Å². The first-order valence-corrected chi connectivity index (χ1v) is 6.68. The average Bonchev–Trinajstić information content (AvgIpc) is 3.24. The summed E-state index contributed by atoms with van der Waals surface area (Å²) in [5, 5.41) is 3.72. The lowest BCUT2D eigenvalue weighted by Gasteiger charge is -2.11. The maximum absolute atomic E-state index is 13.2. The van der Waals surface area contributed by atoms with Crippen molar-refractivity contribution in [3.8, 4) is 11.3 Å². The number of benzene rings is 1. The van der Waals surface area contributed by atoms with E-state index in [1.807, 2.05) is 0 Å². The Balaban J connectivity index is 2.19. The molecule has 1 aliphatic rings. The number of carbonyl (C=O) groups excluding carboxylic acids is 1. The van der Waals surface area contributed by atoms with Gasteiger partial charge in [0.15, 0.2) is 5.76 Å². The van der Waals surface area contributed by atoms with Gasteiger partial charge in [-0.15, -0.1) is 0 Å². The molecule has 0 amide bonds. The van der Waals surface area contributed by atoms with Crippen LogP contribution in [0.5, 0.6) is 0 Å². The van der Waals surface area contributed by atoms with Crippen molar-refractivity contribution < 1.29 is 27.2 Å². The van der Waals surface area contributed by atoms with E-state index >= 15 is 0 Å². The number of ether oxygens (including phenoxy) is 1. The summed E-state index contributed by atoms with van der Waals surface area (Å²) >= 11 is 0. The minimum atomic E-state index is -4.55. The second kappa shape index (κ2) is 5.15. The zero-order valence-electron chi connectivity index (χ0n) is 11.6. The molecular weight excluding hydrogens is 299 g/mol. The summed E-state index contributed by atoms with van der Waals surface area (Å²) in [6.07, 6.45) is -2.91. The molecule has 0 saturated heterocycles. The second-order valence-corrected chi connectivity index (χ2v) is 5.08. The lowest BCUT2D eigenvalue weighted by molar-refractivity contribution is -0.137. The highest BCUT2D eigenvalue weighted by molar-refractivity contribution is 5.97. The normalized spacial score (nSPS) is 14.9. The van der Waals surface area contributed by atoms with Gasteiger partial charge in [0.25, 0.3) is 0 Å². The van der Waals surface area contributed by atoms with Crippen LogP contribution in [0.15, 0.2) is 28.8 Å². The van der Waals surface area contributed by atoms with Crippen molar-refractivity contribution in [2.45, 2.75) is 24.9 Å². The van der Waals surface area contributed by atoms with Crippen LogP contribution in [0, 0.1) is 0 Å². The number of alkyl halides is 3. The zero-order valence-corrected chi connectivity index (χ0v) is 11.6. The lowest BCUT2D eigenvalue weighted by Crippen LogP contribution is -2.09. The molecule has 0 atom stereocenters. The molecule has 0 aliphatic heterocycles. The van der Waals surface area contributed by atoms with Crippen molar-refractivity contribution in [2.75, 3.05) is 7.11 Å². The van der Waals surface area contributed by atoms with Gasteiger partial charge in [0, 0.05) is 11.5 Å². The highest BCUT2D eigenvalue weighted by Gasteiger charge is 2.39. The average molecular weight is 311 g/mol. The predicted octanol–water partition coefficient (Wildman–Crippen LogP) is 4.02. The fraction of sp³-hybridized carbons (Fsp3) is 0.333. The van der Waals surface area contributed by atoms with E-state index in [9.17, 15) is 18.0 Å². The predicted molar refractivity (Wildman–Crippen MR) is 70.3 cm³/mol. The Labute approximate surface area is 123 Å². The van der Waals surface area contributed by atoms with Crippen molar-refractivity contribution in [1.29, 1.82) is 0 Å². The van der Waals surface area contributed by atoms with E-state index in [1.165, 1.54) is 25.3 Å². The van der Waals surface area contributed by atoms with Crippen LogP contribution >= 0.6 is 0 Å². The maximum atomic E-state index is 13.2. The Morgan fingerprint density at radius 2 is 2.00 bits per heavy atom. The lowest BCUT2D eigenvalue weighted by atomic mass is 9.99. The zero-order chi connectivity index (χ0) is 15.9. The summed E-state index contributed by atoms with van der Waals surface area (Å²) < 4.78 is 49.3. The topological polar surface area (TPSA) is 52.3 Å². The van der Waals surface area contributed by atoms with Crippen LogP contribution in [-0.4, -0.2) is 18.2 Å². The summed E-state index contributed by atoms with van der Waals surface area (Å²) in [6, 6.07) is 4.95. The monoisotopic (exact) mass is 311 g/mol. The van der Waals surface area contributed by atoms with Gasteiger partial charge < -0.3 is 9.26 Å². The van der Waals surface area contributed by atoms with E-state index in [2.05, 4.69) is 9.89 Å². The van der Waals surface area contributed by atoms with Crippen molar-refractivity contribution in [2.24, 2.45) is 0 Å². The molecule has 4 nitrogen and oxygen atoms in total. The molecule has 0 unspecified atom stereocenters. The number of methoxy groups -OCH3 is 1. The first-order valence-electron chi connectivity index (χ1n) is 6.68. The molecule has 2 aromatic rings. The van der Waals surface area contributed by atoms with Crippen molar-refractivity contribution >= 4 is 5.97 Å². The Hall–Kier alpha value is -2.31. The molecule has 1 heterocycles. The quantitative estimate of drug-likeness (QED) is 0.803. The van der Waals surface area contributed by atoms with E-state index < -0.39 is 17.7 Å². The number of hydrogen-bond donors (Lipinski definition) is 0. The Bertz CT molecular complexity index is 717. The largest absolute Gasteiger partial charge is 0.465 e. The molecule has 0 bridgehead atoms. The summed E-state index contributed by atoms with van der Waals surface area (Å²) in [5.41, 5.74) is -1.19. The molecule has 3 rings (SSSR count).